The third kappa shape index (κ3) is 7.09. The summed E-state index contributed by atoms with van der Waals surface area (Å²) in [6, 6.07) is 10.8. The van der Waals surface area contributed by atoms with Crippen molar-refractivity contribution in [1.29, 1.82) is 0 Å². The van der Waals surface area contributed by atoms with Crippen LogP contribution in [0.25, 0.3) is 0 Å². The van der Waals surface area contributed by atoms with Gasteiger partial charge in [0.1, 0.15) is 12.4 Å². The number of carbonyl (C=O) groups is 2. The van der Waals surface area contributed by atoms with Gasteiger partial charge in [0.25, 0.3) is 10.9 Å². The molecule has 10 heteroatoms. The first kappa shape index (κ1) is 21.5. The summed E-state index contributed by atoms with van der Waals surface area (Å²) in [6.07, 6.45) is 0. The summed E-state index contributed by atoms with van der Waals surface area (Å²) in [5.74, 6) is 0.153. The van der Waals surface area contributed by atoms with Crippen molar-refractivity contribution in [1.82, 2.24) is 0 Å². The number of nitrogens with one attached hydrogen (secondary N) is 1. The van der Waals surface area contributed by atoms with Crippen LogP contribution < -0.4 is 10.1 Å². The summed E-state index contributed by atoms with van der Waals surface area (Å²) in [5, 5.41) is 13.6. The first-order valence-corrected chi connectivity index (χ1v) is 9.44. The first-order chi connectivity index (χ1) is 13.3. The summed E-state index contributed by atoms with van der Waals surface area (Å²) in [7, 11) is 0. The lowest BCUT2D eigenvalue weighted by Crippen LogP contribution is -2.17. The van der Waals surface area contributed by atoms with Crippen molar-refractivity contribution in [3.8, 4) is 5.75 Å². The van der Waals surface area contributed by atoms with Crippen LogP contribution in [0.5, 0.6) is 5.75 Å². The van der Waals surface area contributed by atoms with Crippen LogP contribution in [0.3, 0.4) is 0 Å². The number of nitro benzene ring substituents is 1. The van der Waals surface area contributed by atoms with Gasteiger partial charge in [0, 0.05) is 22.9 Å². The largest absolute Gasteiger partial charge is 0.482 e. The molecule has 0 spiro atoms. The van der Waals surface area contributed by atoms with E-state index in [0.29, 0.717) is 22.0 Å². The second kappa shape index (κ2) is 10.5. The highest BCUT2D eigenvalue weighted by molar-refractivity contribution is 8.13. The summed E-state index contributed by atoms with van der Waals surface area (Å²) < 4.78 is 10.2. The number of non-ortho nitro benzene ring substituents is 1. The van der Waals surface area contributed by atoms with Gasteiger partial charge in [0.2, 0.25) is 0 Å². The van der Waals surface area contributed by atoms with Crippen molar-refractivity contribution >= 4 is 45.9 Å². The highest BCUT2D eigenvalue weighted by atomic mass is 35.5. The molecule has 2 rings (SSSR count). The fraction of sp³-hybridized carbons (Fsp3) is 0.222. The van der Waals surface area contributed by atoms with E-state index in [4.69, 9.17) is 21.1 Å². The van der Waals surface area contributed by atoms with Crippen molar-refractivity contribution < 1.29 is 24.0 Å². The van der Waals surface area contributed by atoms with E-state index in [0.717, 1.165) is 11.8 Å². The van der Waals surface area contributed by atoms with Gasteiger partial charge in [-0.2, -0.15) is 0 Å². The zero-order valence-corrected chi connectivity index (χ0v) is 16.4. The molecule has 1 N–H and O–H groups in total. The number of nitro groups is 1. The number of benzene rings is 2. The molecule has 1 amide bonds. The Labute approximate surface area is 170 Å². The Balaban J connectivity index is 1.68. The van der Waals surface area contributed by atoms with Crippen LogP contribution in [0.15, 0.2) is 42.5 Å². The van der Waals surface area contributed by atoms with Crippen molar-refractivity contribution in [2.45, 2.75) is 6.92 Å². The molecule has 0 aliphatic rings. The van der Waals surface area contributed by atoms with Gasteiger partial charge in [-0.1, -0.05) is 29.4 Å². The molecule has 0 saturated heterocycles. The molecule has 0 radical (unpaired) electrons. The Hall–Kier alpha value is -2.78. The predicted molar refractivity (Wildman–Crippen MR) is 107 cm³/mol. The fourth-order valence-corrected chi connectivity index (χ4v) is 2.67. The topological polar surface area (TPSA) is 108 Å². The number of hydrogen-bond donors (Lipinski definition) is 1. The second-order valence-corrected chi connectivity index (χ2v) is 6.98. The molecule has 0 heterocycles. The molecule has 2 aromatic rings. The number of thioether (sulfide) groups is 1. The van der Waals surface area contributed by atoms with E-state index >= 15 is 0 Å². The van der Waals surface area contributed by atoms with Crippen molar-refractivity contribution in [3.63, 3.8) is 0 Å². The Bertz CT molecular complexity index is 860. The number of halogens is 1. The number of amides is 1. The van der Waals surface area contributed by atoms with E-state index in [1.54, 1.807) is 37.3 Å². The molecular weight excluding hydrogens is 408 g/mol. The van der Waals surface area contributed by atoms with Crippen LogP contribution in [0.4, 0.5) is 16.2 Å². The Morgan fingerprint density at radius 3 is 2.61 bits per heavy atom. The summed E-state index contributed by atoms with van der Waals surface area (Å²) in [5.41, 5.74) is 0.950. The Morgan fingerprint density at radius 2 is 1.93 bits per heavy atom. The summed E-state index contributed by atoms with van der Waals surface area (Å²) >= 11 is 6.65. The van der Waals surface area contributed by atoms with Crippen LogP contribution in [0.1, 0.15) is 5.56 Å². The minimum Gasteiger partial charge on any atom is -0.482 e. The lowest BCUT2D eigenvalue weighted by Gasteiger charge is -2.09. The highest BCUT2D eigenvalue weighted by Gasteiger charge is 2.12. The maximum absolute atomic E-state index is 11.9. The van der Waals surface area contributed by atoms with Crippen LogP contribution in [-0.2, 0) is 9.53 Å². The highest BCUT2D eigenvalue weighted by Crippen LogP contribution is 2.23. The zero-order chi connectivity index (χ0) is 20.5. The van der Waals surface area contributed by atoms with E-state index in [1.165, 1.54) is 12.1 Å². The number of aryl methyl sites for hydroxylation is 1. The van der Waals surface area contributed by atoms with Gasteiger partial charge in [-0.05, 0) is 36.8 Å². The van der Waals surface area contributed by atoms with Crippen LogP contribution in [0.2, 0.25) is 5.02 Å². The van der Waals surface area contributed by atoms with Gasteiger partial charge < -0.3 is 14.8 Å². The number of anilines is 1. The van der Waals surface area contributed by atoms with Gasteiger partial charge in [-0.3, -0.25) is 14.9 Å². The maximum atomic E-state index is 11.9. The normalized spacial score (nSPS) is 10.2. The molecule has 0 bridgehead atoms. The molecule has 0 aliphatic carbocycles. The molecular formula is C18H17ClN2O6S. The standard InChI is InChI=1S/C18H17ClN2O6S/c1-12-2-5-14(21(24)25)10-16(12)20-18(23)28-9-8-26-17(22)11-27-15-6-3-13(19)4-7-15/h2-7,10H,8-9,11H2,1H3,(H,20,23). The van der Waals surface area contributed by atoms with Crippen molar-refractivity contribution in [2.24, 2.45) is 0 Å². The van der Waals surface area contributed by atoms with Gasteiger partial charge in [0.15, 0.2) is 6.61 Å². The first-order valence-electron chi connectivity index (χ1n) is 8.08. The molecule has 0 atom stereocenters. The Morgan fingerprint density at radius 1 is 1.21 bits per heavy atom. The molecule has 2 aromatic carbocycles. The smallest absolute Gasteiger partial charge is 0.344 e. The number of esters is 1. The van der Waals surface area contributed by atoms with Gasteiger partial charge in [-0.25, -0.2) is 4.79 Å². The van der Waals surface area contributed by atoms with Gasteiger partial charge >= 0.3 is 5.97 Å². The average molecular weight is 425 g/mol. The van der Waals surface area contributed by atoms with Gasteiger partial charge in [0.05, 0.1) is 10.6 Å². The van der Waals surface area contributed by atoms with E-state index in [2.05, 4.69) is 5.32 Å². The van der Waals surface area contributed by atoms with Crippen LogP contribution in [0, 0.1) is 17.0 Å². The fourth-order valence-electron chi connectivity index (χ4n) is 2.01. The van der Waals surface area contributed by atoms with Crippen LogP contribution in [-0.4, -0.2) is 35.1 Å². The molecule has 8 nitrogen and oxygen atoms in total. The molecule has 0 aromatic heterocycles. The summed E-state index contributed by atoms with van der Waals surface area (Å²) in [4.78, 5) is 33.8. The lowest BCUT2D eigenvalue weighted by atomic mass is 10.2. The molecule has 0 fully saturated rings. The molecule has 0 unspecified atom stereocenters. The number of ether oxygens (including phenoxy) is 2. The maximum Gasteiger partial charge on any atom is 0.344 e. The number of hydrogen-bond acceptors (Lipinski definition) is 7. The van der Waals surface area contributed by atoms with E-state index in [-0.39, 0.29) is 24.7 Å². The van der Waals surface area contributed by atoms with E-state index in [1.807, 2.05) is 0 Å². The molecule has 148 valence electrons. The second-order valence-electron chi connectivity index (χ2n) is 5.48. The number of nitrogens with zero attached hydrogens (tertiary/aromatic N) is 1. The quantitative estimate of drug-likeness (QED) is 0.288. The summed E-state index contributed by atoms with van der Waals surface area (Å²) in [6.45, 7) is 1.49. The molecule has 0 saturated carbocycles. The zero-order valence-electron chi connectivity index (χ0n) is 14.8. The van der Waals surface area contributed by atoms with Crippen molar-refractivity contribution in [3.05, 3.63) is 63.2 Å². The van der Waals surface area contributed by atoms with Crippen LogP contribution >= 0.6 is 23.4 Å². The molecule has 28 heavy (non-hydrogen) atoms. The minimum absolute atomic E-state index is 0.0226. The number of rotatable bonds is 8. The monoisotopic (exact) mass is 424 g/mol. The van der Waals surface area contributed by atoms with E-state index < -0.39 is 16.1 Å². The SMILES string of the molecule is Cc1ccc([N+](=O)[O-])cc1NC(=O)SCCOC(=O)COc1ccc(Cl)cc1. The third-order valence-corrected chi connectivity index (χ3v) is 4.41. The Kier molecular flexibility index (Phi) is 8.09. The molecule has 0 aliphatic heterocycles. The third-order valence-electron chi connectivity index (χ3n) is 3.42. The van der Waals surface area contributed by atoms with Gasteiger partial charge in [-0.15, -0.1) is 0 Å². The predicted octanol–water partition coefficient (Wildman–Crippen LogP) is 4.44. The van der Waals surface area contributed by atoms with E-state index in [9.17, 15) is 19.7 Å². The lowest BCUT2D eigenvalue weighted by molar-refractivity contribution is -0.384. The minimum atomic E-state index is -0.564. The van der Waals surface area contributed by atoms with Crippen molar-refractivity contribution in [2.75, 3.05) is 24.3 Å². The average Bonchev–Trinajstić information content (AvgIpc) is 2.66. The number of carbonyl (C=O) groups excluding carboxylic acids is 2.